The Bertz CT molecular complexity index is 562. The van der Waals surface area contributed by atoms with E-state index in [9.17, 15) is 10.1 Å². The van der Waals surface area contributed by atoms with Crippen molar-refractivity contribution in [1.82, 2.24) is 0 Å². The molecule has 0 N–H and O–H groups in total. The lowest BCUT2D eigenvalue weighted by atomic mass is 10.3. The fourth-order valence-corrected chi connectivity index (χ4v) is 1.58. The summed E-state index contributed by atoms with van der Waals surface area (Å²) in [6.07, 6.45) is 0. The average molecular weight is 258 g/mol. The molecule has 0 aromatic heterocycles. The van der Waals surface area contributed by atoms with E-state index in [1.165, 1.54) is 12.1 Å². The molecule has 0 saturated heterocycles. The smallest absolute Gasteiger partial charge is 0.269 e. The topological polar surface area (TPSA) is 55.6 Å². The van der Waals surface area contributed by atoms with E-state index in [4.69, 9.17) is 4.74 Å². The first-order chi connectivity index (χ1) is 9.06. The number of nitro benzene ring substituents is 1. The Morgan fingerprint density at radius 2 is 1.42 bits per heavy atom. The van der Waals surface area contributed by atoms with Gasteiger partial charge < -0.3 is 9.64 Å². The third-order valence-electron chi connectivity index (χ3n) is 2.64. The predicted molar refractivity (Wildman–Crippen MR) is 73.9 cm³/mol. The zero-order valence-corrected chi connectivity index (χ0v) is 10.7. The highest BCUT2D eigenvalue weighted by molar-refractivity contribution is 5.48. The summed E-state index contributed by atoms with van der Waals surface area (Å²) in [5.74, 6) is 1.27. The summed E-state index contributed by atoms with van der Waals surface area (Å²) in [4.78, 5) is 12.1. The van der Waals surface area contributed by atoms with Crippen LogP contribution in [0.1, 0.15) is 0 Å². The normalized spacial score (nSPS) is 10.0. The first-order valence-electron chi connectivity index (χ1n) is 5.76. The van der Waals surface area contributed by atoms with Crippen LogP contribution in [0.4, 0.5) is 11.4 Å². The van der Waals surface area contributed by atoms with Gasteiger partial charge in [0.25, 0.3) is 5.69 Å². The highest BCUT2D eigenvalue weighted by Gasteiger charge is 2.05. The van der Waals surface area contributed by atoms with Crippen molar-refractivity contribution in [3.05, 3.63) is 58.6 Å². The van der Waals surface area contributed by atoms with Crippen molar-refractivity contribution in [2.24, 2.45) is 0 Å². The highest BCUT2D eigenvalue weighted by atomic mass is 16.6. The standard InChI is InChI=1S/C14H14N2O3/c1-15(2)11-3-7-13(8-4-11)19-14-9-5-12(6-10-14)16(17)18/h3-10H,1-2H3. The summed E-state index contributed by atoms with van der Waals surface area (Å²) in [7, 11) is 3.93. The molecule has 0 saturated carbocycles. The summed E-state index contributed by atoms with van der Waals surface area (Å²) in [5.41, 5.74) is 1.13. The maximum atomic E-state index is 10.5. The van der Waals surface area contributed by atoms with Crippen LogP contribution in [0.3, 0.4) is 0 Å². The molecule has 0 fully saturated rings. The van der Waals surface area contributed by atoms with Crippen LogP contribution >= 0.6 is 0 Å². The molecule has 0 radical (unpaired) electrons. The molecule has 2 aromatic rings. The van der Waals surface area contributed by atoms with Crippen LogP contribution in [-0.2, 0) is 0 Å². The molecule has 2 rings (SSSR count). The summed E-state index contributed by atoms with van der Waals surface area (Å²) in [6.45, 7) is 0. The second kappa shape index (κ2) is 5.39. The van der Waals surface area contributed by atoms with Crippen molar-refractivity contribution in [2.45, 2.75) is 0 Å². The molecule has 0 spiro atoms. The van der Waals surface area contributed by atoms with E-state index in [2.05, 4.69) is 0 Å². The zero-order valence-electron chi connectivity index (χ0n) is 10.7. The monoisotopic (exact) mass is 258 g/mol. The number of benzene rings is 2. The molecule has 2 aromatic carbocycles. The van der Waals surface area contributed by atoms with E-state index >= 15 is 0 Å². The van der Waals surface area contributed by atoms with Crippen LogP contribution in [0.5, 0.6) is 11.5 Å². The average Bonchev–Trinajstić information content (AvgIpc) is 2.40. The van der Waals surface area contributed by atoms with Crippen molar-refractivity contribution < 1.29 is 9.66 Å². The van der Waals surface area contributed by atoms with Crippen LogP contribution in [0.15, 0.2) is 48.5 Å². The summed E-state index contributed by atoms with van der Waals surface area (Å²) >= 11 is 0. The third kappa shape index (κ3) is 3.22. The Balaban J connectivity index is 2.10. The SMILES string of the molecule is CN(C)c1ccc(Oc2ccc([N+](=O)[O-])cc2)cc1. The van der Waals surface area contributed by atoms with Gasteiger partial charge in [-0.05, 0) is 36.4 Å². The molecular formula is C14H14N2O3. The molecule has 0 aliphatic rings. The highest BCUT2D eigenvalue weighted by Crippen LogP contribution is 2.25. The number of rotatable bonds is 4. The molecule has 98 valence electrons. The van der Waals surface area contributed by atoms with Gasteiger partial charge in [-0.2, -0.15) is 0 Å². The molecule has 19 heavy (non-hydrogen) atoms. The maximum Gasteiger partial charge on any atom is 0.269 e. The minimum absolute atomic E-state index is 0.0512. The van der Waals surface area contributed by atoms with Gasteiger partial charge in [-0.15, -0.1) is 0 Å². The van der Waals surface area contributed by atoms with Gasteiger partial charge in [-0.25, -0.2) is 0 Å². The summed E-state index contributed by atoms with van der Waals surface area (Å²) in [6, 6.07) is 13.6. The van der Waals surface area contributed by atoms with E-state index < -0.39 is 4.92 Å². The minimum Gasteiger partial charge on any atom is -0.457 e. The van der Waals surface area contributed by atoms with Gasteiger partial charge in [0, 0.05) is 31.9 Å². The van der Waals surface area contributed by atoms with Crippen molar-refractivity contribution in [3.8, 4) is 11.5 Å². The Morgan fingerprint density at radius 3 is 1.84 bits per heavy atom. The number of nitro groups is 1. The molecular weight excluding hydrogens is 244 g/mol. The third-order valence-corrected chi connectivity index (χ3v) is 2.64. The van der Waals surface area contributed by atoms with Gasteiger partial charge >= 0.3 is 0 Å². The molecule has 0 aliphatic carbocycles. The first-order valence-corrected chi connectivity index (χ1v) is 5.76. The Labute approximate surface area is 111 Å². The first kappa shape index (κ1) is 12.9. The largest absolute Gasteiger partial charge is 0.457 e. The molecule has 0 heterocycles. The minimum atomic E-state index is -0.435. The summed E-state index contributed by atoms with van der Waals surface area (Å²) < 4.78 is 5.61. The quantitative estimate of drug-likeness (QED) is 0.622. The van der Waals surface area contributed by atoms with Crippen LogP contribution in [-0.4, -0.2) is 19.0 Å². The fraction of sp³-hybridized carbons (Fsp3) is 0.143. The number of ether oxygens (including phenoxy) is 1. The van der Waals surface area contributed by atoms with Gasteiger partial charge in [-0.1, -0.05) is 0 Å². The predicted octanol–water partition coefficient (Wildman–Crippen LogP) is 3.45. The van der Waals surface area contributed by atoms with Crippen molar-refractivity contribution in [1.29, 1.82) is 0 Å². The van der Waals surface area contributed by atoms with Gasteiger partial charge in [0.05, 0.1) is 4.92 Å². The molecule has 0 atom stereocenters. The number of nitrogens with zero attached hydrogens (tertiary/aromatic N) is 2. The van der Waals surface area contributed by atoms with E-state index in [0.717, 1.165) is 5.69 Å². The van der Waals surface area contributed by atoms with Crippen molar-refractivity contribution in [2.75, 3.05) is 19.0 Å². The van der Waals surface area contributed by atoms with E-state index in [1.54, 1.807) is 12.1 Å². The van der Waals surface area contributed by atoms with E-state index in [-0.39, 0.29) is 5.69 Å². The lowest BCUT2D eigenvalue weighted by Gasteiger charge is -2.12. The Morgan fingerprint density at radius 1 is 0.947 bits per heavy atom. The van der Waals surface area contributed by atoms with Crippen molar-refractivity contribution >= 4 is 11.4 Å². The zero-order chi connectivity index (χ0) is 13.8. The van der Waals surface area contributed by atoms with Gasteiger partial charge in [-0.3, -0.25) is 10.1 Å². The molecule has 5 nitrogen and oxygen atoms in total. The van der Waals surface area contributed by atoms with Crippen LogP contribution in [0, 0.1) is 10.1 Å². The second-order valence-corrected chi connectivity index (χ2v) is 4.24. The number of hydrogen-bond acceptors (Lipinski definition) is 4. The van der Waals surface area contributed by atoms with Gasteiger partial charge in [0.15, 0.2) is 0 Å². The number of hydrogen-bond donors (Lipinski definition) is 0. The lowest BCUT2D eigenvalue weighted by Crippen LogP contribution is -2.07. The number of non-ortho nitro benzene ring substituents is 1. The Hall–Kier alpha value is -2.56. The van der Waals surface area contributed by atoms with Crippen LogP contribution in [0.2, 0.25) is 0 Å². The van der Waals surface area contributed by atoms with E-state index in [0.29, 0.717) is 11.5 Å². The molecule has 5 heteroatoms. The lowest BCUT2D eigenvalue weighted by molar-refractivity contribution is -0.384. The fourth-order valence-electron chi connectivity index (χ4n) is 1.58. The van der Waals surface area contributed by atoms with Gasteiger partial charge in [0.1, 0.15) is 11.5 Å². The Kier molecular flexibility index (Phi) is 3.66. The van der Waals surface area contributed by atoms with Crippen molar-refractivity contribution in [3.63, 3.8) is 0 Å². The molecule has 0 unspecified atom stereocenters. The second-order valence-electron chi connectivity index (χ2n) is 4.24. The van der Waals surface area contributed by atoms with E-state index in [1.807, 2.05) is 43.3 Å². The molecule has 0 bridgehead atoms. The van der Waals surface area contributed by atoms with Crippen LogP contribution in [0.25, 0.3) is 0 Å². The summed E-state index contributed by atoms with van der Waals surface area (Å²) in [5, 5.41) is 10.5. The van der Waals surface area contributed by atoms with Gasteiger partial charge in [0.2, 0.25) is 0 Å². The molecule has 0 amide bonds. The molecule has 0 aliphatic heterocycles. The maximum absolute atomic E-state index is 10.5. The number of anilines is 1. The van der Waals surface area contributed by atoms with Crippen LogP contribution < -0.4 is 9.64 Å².